The van der Waals surface area contributed by atoms with Crippen LogP contribution < -0.4 is 4.74 Å². The zero-order valence-electron chi connectivity index (χ0n) is 14.5. The lowest BCUT2D eigenvalue weighted by Gasteiger charge is -2.12. The lowest BCUT2D eigenvalue weighted by molar-refractivity contribution is 0.415. The second-order valence-corrected chi connectivity index (χ2v) is 6.76. The van der Waals surface area contributed by atoms with E-state index in [9.17, 15) is 5.11 Å². The highest BCUT2D eigenvalue weighted by molar-refractivity contribution is 7.98. The summed E-state index contributed by atoms with van der Waals surface area (Å²) in [5.41, 5.74) is 4.81. The minimum absolute atomic E-state index is 0.242. The Balaban J connectivity index is 1.94. The zero-order valence-corrected chi connectivity index (χ0v) is 15.3. The number of phenolic OH excluding ortho intramolecular Hbond substituents is 1. The first-order valence-corrected chi connectivity index (χ1v) is 9.41. The maximum atomic E-state index is 9.77. The molecule has 0 spiro atoms. The van der Waals surface area contributed by atoms with Crippen LogP contribution >= 0.6 is 11.8 Å². The fourth-order valence-electron chi connectivity index (χ4n) is 3.17. The van der Waals surface area contributed by atoms with E-state index < -0.39 is 0 Å². The van der Waals surface area contributed by atoms with Crippen LogP contribution in [0.15, 0.2) is 65.8 Å². The van der Waals surface area contributed by atoms with Gasteiger partial charge in [-0.25, -0.2) is 4.98 Å². The Morgan fingerprint density at radius 2 is 1.92 bits per heavy atom. The number of hydrogen-bond acceptors (Lipinski definition) is 4. The van der Waals surface area contributed by atoms with Gasteiger partial charge in [-0.05, 0) is 42.2 Å². The van der Waals surface area contributed by atoms with Crippen molar-refractivity contribution in [2.24, 2.45) is 0 Å². The van der Waals surface area contributed by atoms with Gasteiger partial charge >= 0.3 is 0 Å². The number of pyridine rings is 1. The number of nitrogens with zero attached hydrogens (tertiary/aromatic N) is 1. The van der Waals surface area contributed by atoms with E-state index in [4.69, 9.17) is 4.74 Å². The molecule has 0 radical (unpaired) electrons. The summed E-state index contributed by atoms with van der Waals surface area (Å²) in [6, 6.07) is 15.4. The normalized spacial score (nSPS) is 11.0. The number of thioether (sulfide) groups is 1. The number of rotatable bonds is 4. The Labute approximate surface area is 155 Å². The molecule has 0 aliphatic rings. The predicted octanol–water partition coefficient (Wildman–Crippen LogP) is 5.33. The van der Waals surface area contributed by atoms with Crippen LogP contribution in [0.5, 0.6) is 11.5 Å². The van der Waals surface area contributed by atoms with Gasteiger partial charge in [-0.1, -0.05) is 18.2 Å². The van der Waals surface area contributed by atoms with E-state index in [-0.39, 0.29) is 5.75 Å². The van der Waals surface area contributed by atoms with Gasteiger partial charge in [-0.15, -0.1) is 11.8 Å². The molecule has 0 atom stereocenters. The molecule has 0 fully saturated rings. The predicted molar refractivity (Wildman–Crippen MR) is 107 cm³/mol. The van der Waals surface area contributed by atoms with Crippen LogP contribution in [0.3, 0.4) is 0 Å². The van der Waals surface area contributed by atoms with Gasteiger partial charge in [0.05, 0.1) is 7.11 Å². The second-order valence-electron chi connectivity index (χ2n) is 5.91. The average Bonchev–Trinajstić information content (AvgIpc) is 3.10. The molecule has 5 heteroatoms. The molecule has 0 unspecified atom stereocenters. The number of methoxy groups -OCH3 is 1. The van der Waals surface area contributed by atoms with Crippen molar-refractivity contribution in [2.45, 2.75) is 4.90 Å². The number of H-pyrrole nitrogens is 1. The van der Waals surface area contributed by atoms with Crippen molar-refractivity contribution in [3.05, 3.63) is 60.9 Å². The summed E-state index contributed by atoms with van der Waals surface area (Å²) in [6.45, 7) is 0. The standard InChI is InChI=1S/C21H18N2O2S/c1-25-18-7-4-8-19(26-2)20(18)17-12-23-21-16(17)10-14(11-22-21)13-5-3-6-15(24)9-13/h3-12,24H,1-2H3,(H,22,23). The molecular formula is C21H18N2O2S. The van der Waals surface area contributed by atoms with Crippen LogP contribution in [-0.2, 0) is 0 Å². The number of benzene rings is 2. The minimum atomic E-state index is 0.242. The van der Waals surface area contributed by atoms with Crippen LogP contribution in [0, 0.1) is 0 Å². The second kappa shape index (κ2) is 6.77. The van der Waals surface area contributed by atoms with Gasteiger partial charge < -0.3 is 14.8 Å². The Kier molecular flexibility index (Phi) is 4.31. The van der Waals surface area contributed by atoms with Crippen molar-refractivity contribution >= 4 is 22.8 Å². The highest BCUT2D eigenvalue weighted by atomic mass is 32.2. The maximum absolute atomic E-state index is 9.77. The van der Waals surface area contributed by atoms with E-state index in [1.807, 2.05) is 36.7 Å². The van der Waals surface area contributed by atoms with Crippen molar-refractivity contribution in [1.82, 2.24) is 9.97 Å². The molecule has 2 aromatic carbocycles. The molecule has 0 bridgehead atoms. The first kappa shape index (κ1) is 16.5. The first-order chi connectivity index (χ1) is 12.7. The molecule has 0 saturated carbocycles. The van der Waals surface area contributed by atoms with Gasteiger partial charge in [-0.2, -0.15) is 0 Å². The van der Waals surface area contributed by atoms with Crippen LogP contribution in [0.4, 0.5) is 0 Å². The van der Waals surface area contributed by atoms with Crippen molar-refractivity contribution < 1.29 is 9.84 Å². The fourth-order valence-corrected chi connectivity index (χ4v) is 3.80. The van der Waals surface area contributed by atoms with Crippen molar-refractivity contribution in [3.63, 3.8) is 0 Å². The fraction of sp³-hybridized carbons (Fsp3) is 0.0952. The van der Waals surface area contributed by atoms with Crippen LogP contribution in [-0.4, -0.2) is 28.4 Å². The summed E-state index contributed by atoms with van der Waals surface area (Å²) in [7, 11) is 1.69. The summed E-state index contributed by atoms with van der Waals surface area (Å²) in [5, 5.41) is 10.8. The van der Waals surface area contributed by atoms with Gasteiger partial charge in [0.2, 0.25) is 0 Å². The SMILES string of the molecule is COc1cccc(SC)c1-c1c[nH]c2ncc(-c3cccc(O)c3)cc12. The van der Waals surface area contributed by atoms with Crippen LogP contribution in [0.1, 0.15) is 0 Å². The molecule has 2 N–H and O–H groups in total. The highest BCUT2D eigenvalue weighted by Gasteiger charge is 2.16. The molecule has 4 rings (SSSR count). The summed E-state index contributed by atoms with van der Waals surface area (Å²) in [4.78, 5) is 8.96. The Bertz CT molecular complexity index is 1070. The summed E-state index contributed by atoms with van der Waals surface area (Å²) in [5.74, 6) is 1.08. The number of hydrogen-bond donors (Lipinski definition) is 2. The van der Waals surface area contributed by atoms with Gasteiger partial charge in [0, 0.05) is 39.4 Å². The summed E-state index contributed by atoms with van der Waals surface area (Å²) < 4.78 is 5.61. The molecule has 4 nitrogen and oxygen atoms in total. The van der Waals surface area contributed by atoms with Crippen molar-refractivity contribution in [3.8, 4) is 33.8 Å². The largest absolute Gasteiger partial charge is 0.508 e. The Morgan fingerprint density at radius 3 is 2.69 bits per heavy atom. The van der Waals surface area contributed by atoms with Gasteiger partial charge in [0.1, 0.15) is 17.1 Å². The number of ether oxygens (including phenoxy) is 1. The molecule has 0 aliphatic heterocycles. The third-order valence-corrected chi connectivity index (χ3v) is 5.19. The minimum Gasteiger partial charge on any atom is -0.508 e. The van der Waals surface area contributed by atoms with E-state index in [2.05, 4.69) is 28.4 Å². The van der Waals surface area contributed by atoms with E-state index in [1.165, 1.54) is 0 Å². The number of fused-ring (bicyclic) bond motifs is 1. The van der Waals surface area contributed by atoms with Gasteiger partial charge in [0.15, 0.2) is 0 Å². The number of nitrogens with one attached hydrogen (secondary N) is 1. The lowest BCUT2D eigenvalue weighted by atomic mass is 10.0. The average molecular weight is 362 g/mol. The van der Waals surface area contributed by atoms with Crippen molar-refractivity contribution in [2.75, 3.05) is 13.4 Å². The van der Waals surface area contributed by atoms with Crippen molar-refractivity contribution in [1.29, 1.82) is 0 Å². The highest BCUT2D eigenvalue weighted by Crippen LogP contribution is 2.41. The Hall–Kier alpha value is -2.92. The first-order valence-electron chi connectivity index (χ1n) is 8.19. The Morgan fingerprint density at radius 1 is 1.08 bits per heavy atom. The summed E-state index contributed by atoms with van der Waals surface area (Å²) >= 11 is 1.69. The van der Waals surface area contributed by atoms with E-state index in [0.717, 1.165) is 43.9 Å². The van der Waals surface area contributed by atoms with E-state index in [1.54, 1.807) is 31.0 Å². The smallest absolute Gasteiger partial charge is 0.137 e. The quantitative estimate of drug-likeness (QED) is 0.482. The van der Waals surface area contributed by atoms with Crippen LogP contribution in [0.25, 0.3) is 33.3 Å². The number of aromatic hydroxyl groups is 1. The summed E-state index contributed by atoms with van der Waals surface area (Å²) in [6.07, 6.45) is 5.85. The molecule has 26 heavy (non-hydrogen) atoms. The van der Waals surface area contributed by atoms with Gasteiger partial charge in [-0.3, -0.25) is 0 Å². The van der Waals surface area contributed by atoms with Gasteiger partial charge in [0.25, 0.3) is 0 Å². The molecule has 2 aromatic heterocycles. The van der Waals surface area contributed by atoms with E-state index in [0.29, 0.717) is 0 Å². The third-order valence-electron chi connectivity index (χ3n) is 4.41. The molecule has 130 valence electrons. The van der Waals surface area contributed by atoms with Crippen LogP contribution in [0.2, 0.25) is 0 Å². The molecular weight excluding hydrogens is 344 g/mol. The third kappa shape index (κ3) is 2.80. The topological polar surface area (TPSA) is 58.1 Å². The molecule has 4 aromatic rings. The monoisotopic (exact) mass is 362 g/mol. The number of aromatic amines is 1. The molecule has 0 amide bonds. The maximum Gasteiger partial charge on any atom is 0.137 e. The number of phenols is 1. The molecule has 0 saturated heterocycles. The molecule has 2 heterocycles. The zero-order chi connectivity index (χ0) is 18.1. The molecule has 0 aliphatic carbocycles. The lowest BCUT2D eigenvalue weighted by Crippen LogP contribution is -1.90. The number of aromatic nitrogens is 2. The van der Waals surface area contributed by atoms with E-state index >= 15 is 0 Å².